The number of nitrogens with one attached hydrogen (secondary N) is 1. The first kappa shape index (κ1) is 20.2. The van der Waals surface area contributed by atoms with Crippen LogP contribution in [0, 0.1) is 5.92 Å². The summed E-state index contributed by atoms with van der Waals surface area (Å²) in [5.41, 5.74) is 0.916. The van der Waals surface area contributed by atoms with Crippen LogP contribution in [0.4, 0.5) is 4.79 Å². The molecule has 2 N–H and O–H groups in total. The molecule has 2 heterocycles. The third kappa shape index (κ3) is 5.24. The molecule has 152 valence electrons. The lowest BCUT2D eigenvalue weighted by atomic mass is 9.94. The largest absolute Gasteiger partial charge is 0.481 e. The Morgan fingerprint density at radius 3 is 2.21 bits per heavy atom. The minimum Gasteiger partial charge on any atom is -0.481 e. The number of benzene rings is 1. The van der Waals surface area contributed by atoms with Crippen molar-refractivity contribution < 1.29 is 19.5 Å². The summed E-state index contributed by atoms with van der Waals surface area (Å²) in [6.45, 7) is 2.86. The zero-order valence-corrected chi connectivity index (χ0v) is 16.2. The van der Waals surface area contributed by atoms with Gasteiger partial charge in [-0.1, -0.05) is 30.3 Å². The minimum absolute atomic E-state index is 0.00260. The molecule has 2 aliphatic heterocycles. The number of carbonyl (C=O) groups excluding carboxylic acids is 2. The first-order chi connectivity index (χ1) is 13.5. The van der Waals surface area contributed by atoms with Crippen molar-refractivity contribution in [3.05, 3.63) is 35.9 Å². The number of hydrogen-bond donors (Lipinski definition) is 2. The van der Waals surface area contributed by atoms with Crippen LogP contribution >= 0.6 is 0 Å². The summed E-state index contributed by atoms with van der Waals surface area (Å²) in [5, 5.41) is 12.1. The number of piperidine rings is 1. The summed E-state index contributed by atoms with van der Waals surface area (Å²) in [5.74, 6) is -1.06. The number of urea groups is 1. The van der Waals surface area contributed by atoms with Crippen LogP contribution in [-0.2, 0) is 9.59 Å². The number of amides is 3. The Labute approximate surface area is 165 Å². The average Bonchev–Trinajstić information content (AvgIpc) is 3.26. The van der Waals surface area contributed by atoms with Crippen LogP contribution in [-0.4, -0.2) is 59.0 Å². The highest BCUT2D eigenvalue weighted by molar-refractivity contribution is 5.80. The molecule has 1 atom stereocenters. The molecule has 0 saturated carbocycles. The van der Waals surface area contributed by atoms with Crippen molar-refractivity contribution in [2.24, 2.45) is 5.92 Å². The molecule has 7 nitrogen and oxygen atoms in total. The van der Waals surface area contributed by atoms with Gasteiger partial charge in [0, 0.05) is 38.5 Å². The number of nitrogens with zero attached hydrogens (tertiary/aromatic N) is 2. The number of hydrogen-bond acceptors (Lipinski definition) is 3. The quantitative estimate of drug-likeness (QED) is 0.785. The van der Waals surface area contributed by atoms with Gasteiger partial charge in [-0.2, -0.15) is 0 Å². The maximum absolute atomic E-state index is 12.8. The van der Waals surface area contributed by atoms with Crippen molar-refractivity contribution >= 4 is 17.9 Å². The number of carboxylic acid groups (broad SMARTS) is 1. The first-order valence-electron chi connectivity index (χ1n) is 10.2. The fourth-order valence-electron chi connectivity index (χ4n) is 4.01. The molecular weight excluding hydrogens is 358 g/mol. The minimum atomic E-state index is -0.871. The summed E-state index contributed by atoms with van der Waals surface area (Å²) < 4.78 is 0. The number of carbonyl (C=O) groups is 3. The summed E-state index contributed by atoms with van der Waals surface area (Å²) >= 11 is 0. The Kier molecular flexibility index (Phi) is 6.90. The Balaban J connectivity index is 1.54. The van der Waals surface area contributed by atoms with Gasteiger partial charge in [0.05, 0.1) is 6.04 Å². The molecule has 2 aliphatic rings. The lowest BCUT2D eigenvalue weighted by Gasteiger charge is -2.34. The van der Waals surface area contributed by atoms with Gasteiger partial charge < -0.3 is 20.2 Å². The van der Waals surface area contributed by atoms with E-state index in [1.54, 1.807) is 0 Å². The Morgan fingerprint density at radius 1 is 1.00 bits per heavy atom. The van der Waals surface area contributed by atoms with E-state index in [1.807, 2.05) is 40.1 Å². The SMILES string of the molecule is O=C(O)CCC(NC(=O)C1CCN(C(=O)N2CCCC2)CC1)c1ccccc1. The molecule has 2 fully saturated rings. The van der Waals surface area contributed by atoms with Crippen LogP contribution in [0.5, 0.6) is 0 Å². The van der Waals surface area contributed by atoms with Gasteiger partial charge >= 0.3 is 12.0 Å². The van der Waals surface area contributed by atoms with Crippen molar-refractivity contribution in [2.75, 3.05) is 26.2 Å². The maximum Gasteiger partial charge on any atom is 0.319 e. The molecule has 0 bridgehead atoms. The van der Waals surface area contributed by atoms with Crippen molar-refractivity contribution in [3.63, 3.8) is 0 Å². The first-order valence-corrected chi connectivity index (χ1v) is 10.2. The zero-order chi connectivity index (χ0) is 19.9. The van der Waals surface area contributed by atoms with Crippen molar-refractivity contribution in [3.8, 4) is 0 Å². The van der Waals surface area contributed by atoms with Gasteiger partial charge in [-0.3, -0.25) is 9.59 Å². The standard InChI is InChI=1S/C21H29N3O4/c25-19(26)9-8-18(16-6-2-1-3-7-16)22-20(27)17-10-14-24(15-11-17)21(28)23-12-4-5-13-23/h1-3,6-7,17-18H,4-5,8-15H2,(H,22,27)(H,25,26). The van der Waals surface area contributed by atoms with Crippen LogP contribution in [0.2, 0.25) is 0 Å². The Bertz CT molecular complexity index is 680. The molecule has 0 spiro atoms. The lowest BCUT2D eigenvalue weighted by Crippen LogP contribution is -2.48. The Hall–Kier alpha value is -2.57. The number of aliphatic carboxylic acids is 1. The number of carboxylic acids is 1. The smallest absolute Gasteiger partial charge is 0.319 e. The van der Waals surface area contributed by atoms with Gasteiger partial charge in [-0.05, 0) is 37.7 Å². The van der Waals surface area contributed by atoms with Gasteiger partial charge in [0.15, 0.2) is 0 Å². The van der Waals surface area contributed by atoms with Crippen LogP contribution in [0.15, 0.2) is 30.3 Å². The van der Waals surface area contributed by atoms with E-state index in [-0.39, 0.29) is 30.3 Å². The fourth-order valence-corrected chi connectivity index (χ4v) is 4.01. The summed E-state index contributed by atoms with van der Waals surface area (Å²) in [4.78, 5) is 40.0. The molecule has 1 unspecified atom stereocenters. The third-order valence-electron chi connectivity index (χ3n) is 5.68. The molecular formula is C21H29N3O4. The molecule has 2 saturated heterocycles. The topological polar surface area (TPSA) is 90.0 Å². The number of rotatable bonds is 6. The van der Waals surface area contributed by atoms with E-state index in [4.69, 9.17) is 5.11 Å². The monoisotopic (exact) mass is 387 g/mol. The summed E-state index contributed by atoms with van der Waals surface area (Å²) in [6.07, 6.45) is 3.79. The highest BCUT2D eigenvalue weighted by atomic mass is 16.4. The second-order valence-electron chi connectivity index (χ2n) is 7.64. The van der Waals surface area contributed by atoms with E-state index in [1.165, 1.54) is 0 Å². The fraction of sp³-hybridized carbons (Fsp3) is 0.571. The second kappa shape index (κ2) is 9.57. The lowest BCUT2D eigenvalue weighted by molar-refractivity contribution is -0.137. The predicted molar refractivity (Wildman–Crippen MR) is 105 cm³/mol. The van der Waals surface area contributed by atoms with E-state index in [9.17, 15) is 14.4 Å². The Morgan fingerprint density at radius 2 is 1.61 bits per heavy atom. The van der Waals surface area contributed by atoms with Gasteiger partial charge in [0.1, 0.15) is 0 Å². The molecule has 0 aliphatic carbocycles. The van der Waals surface area contributed by atoms with Gasteiger partial charge in [0.2, 0.25) is 5.91 Å². The molecule has 3 rings (SSSR count). The normalized spacial score (nSPS) is 18.7. The summed E-state index contributed by atoms with van der Waals surface area (Å²) in [6, 6.07) is 9.27. The van der Waals surface area contributed by atoms with E-state index < -0.39 is 5.97 Å². The highest BCUT2D eigenvalue weighted by Crippen LogP contribution is 2.23. The van der Waals surface area contributed by atoms with Gasteiger partial charge in [0.25, 0.3) is 0 Å². The van der Waals surface area contributed by atoms with E-state index in [2.05, 4.69) is 5.32 Å². The van der Waals surface area contributed by atoms with Crippen LogP contribution < -0.4 is 5.32 Å². The highest BCUT2D eigenvalue weighted by Gasteiger charge is 2.31. The molecule has 0 aromatic heterocycles. The van der Waals surface area contributed by atoms with Crippen LogP contribution in [0.3, 0.4) is 0 Å². The second-order valence-corrected chi connectivity index (χ2v) is 7.64. The molecule has 3 amide bonds. The van der Waals surface area contributed by atoms with E-state index >= 15 is 0 Å². The van der Waals surface area contributed by atoms with Crippen molar-refractivity contribution in [1.82, 2.24) is 15.1 Å². The molecule has 0 radical (unpaired) electrons. The third-order valence-corrected chi connectivity index (χ3v) is 5.68. The zero-order valence-electron chi connectivity index (χ0n) is 16.2. The molecule has 1 aromatic rings. The predicted octanol–water partition coefficient (Wildman–Crippen LogP) is 2.64. The summed E-state index contributed by atoms with van der Waals surface area (Å²) in [7, 11) is 0. The average molecular weight is 387 g/mol. The van der Waals surface area contributed by atoms with Gasteiger partial charge in [-0.15, -0.1) is 0 Å². The molecule has 1 aromatic carbocycles. The van der Waals surface area contributed by atoms with Crippen LogP contribution in [0.1, 0.15) is 50.1 Å². The van der Waals surface area contributed by atoms with Gasteiger partial charge in [-0.25, -0.2) is 4.79 Å². The molecule has 7 heteroatoms. The number of likely N-dealkylation sites (tertiary alicyclic amines) is 2. The van der Waals surface area contributed by atoms with E-state index in [0.29, 0.717) is 32.4 Å². The maximum atomic E-state index is 12.8. The van der Waals surface area contributed by atoms with Crippen LogP contribution in [0.25, 0.3) is 0 Å². The van der Waals surface area contributed by atoms with Crippen molar-refractivity contribution in [2.45, 2.75) is 44.6 Å². The van der Waals surface area contributed by atoms with Crippen molar-refractivity contribution in [1.29, 1.82) is 0 Å². The van der Waals surface area contributed by atoms with E-state index in [0.717, 1.165) is 31.5 Å². The molecule has 28 heavy (non-hydrogen) atoms.